The average Bonchev–Trinajstić information content (AvgIpc) is 2.94. The highest BCUT2D eigenvalue weighted by molar-refractivity contribution is 7.89. The predicted molar refractivity (Wildman–Crippen MR) is 86.8 cm³/mol. The zero-order chi connectivity index (χ0) is 15.3. The van der Waals surface area contributed by atoms with Crippen molar-refractivity contribution in [1.82, 2.24) is 4.31 Å². The monoisotopic (exact) mass is 307 g/mol. The number of hydrogen-bond acceptors (Lipinski definition) is 2. The fraction of sp³-hybridized carbons (Fsp3) is 0.529. The summed E-state index contributed by atoms with van der Waals surface area (Å²) in [6, 6.07) is 7.11. The fourth-order valence-electron chi connectivity index (χ4n) is 2.58. The van der Waals surface area contributed by atoms with Gasteiger partial charge in [0.2, 0.25) is 10.0 Å². The van der Waals surface area contributed by atoms with Gasteiger partial charge in [0.25, 0.3) is 0 Å². The molecule has 1 aromatic rings. The Balaban J connectivity index is 2.01. The summed E-state index contributed by atoms with van der Waals surface area (Å²) < 4.78 is 26.7. The number of hydrogen-bond donors (Lipinski definition) is 0. The van der Waals surface area contributed by atoms with Crippen molar-refractivity contribution in [2.24, 2.45) is 0 Å². The number of benzene rings is 1. The van der Waals surface area contributed by atoms with Crippen molar-refractivity contribution in [1.29, 1.82) is 0 Å². The van der Waals surface area contributed by atoms with Gasteiger partial charge in [-0.3, -0.25) is 0 Å². The van der Waals surface area contributed by atoms with E-state index < -0.39 is 10.0 Å². The van der Waals surface area contributed by atoms with E-state index in [2.05, 4.69) is 13.0 Å². The molecular weight excluding hydrogens is 282 g/mol. The summed E-state index contributed by atoms with van der Waals surface area (Å²) in [4.78, 5) is 0.403. The van der Waals surface area contributed by atoms with E-state index in [1.165, 1.54) is 24.8 Å². The second-order valence-corrected chi connectivity index (χ2v) is 7.70. The summed E-state index contributed by atoms with van der Waals surface area (Å²) in [7, 11) is -3.33. The maximum Gasteiger partial charge on any atom is 0.243 e. The lowest BCUT2D eigenvalue weighted by Gasteiger charge is -2.15. The molecule has 0 atom stereocenters. The lowest BCUT2D eigenvalue weighted by molar-refractivity contribution is 0.481. The van der Waals surface area contributed by atoms with Crippen molar-refractivity contribution in [2.75, 3.05) is 13.1 Å². The molecule has 0 saturated carbocycles. The van der Waals surface area contributed by atoms with Crippen molar-refractivity contribution >= 4 is 10.0 Å². The first-order valence-corrected chi connectivity index (χ1v) is 9.23. The normalized spacial score (nSPS) is 18.5. The zero-order valence-electron chi connectivity index (χ0n) is 13.0. The second kappa shape index (κ2) is 7.23. The highest BCUT2D eigenvalue weighted by Gasteiger charge is 2.29. The number of allylic oxidation sites excluding steroid dienone is 1. The maximum absolute atomic E-state index is 12.6. The van der Waals surface area contributed by atoms with Crippen molar-refractivity contribution < 1.29 is 8.42 Å². The topological polar surface area (TPSA) is 37.4 Å². The Hall–Kier alpha value is -1.13. The van der Waals surface area contributed by atoms with Crippen molar-refractivity contribution in [3.63, 3.8) is 0 Å². The molecule has 1 aromatic carbocycles. The van der Waals surface area contributed by atoms with Crippen LogP contribution in [0, 0.1) is 6.92 Å². The fourth-order valence-corrected chi connectivity index (χ4v) is 4.03. The molecule has 0 aromatic heterocycles. The lowest BCUT2D eigenvalue weighted by Crippen LogP contribution is -2.28. The SMILES string of the molecule is CCCCC/C=C1\CCN(S(=O)(=O)c2ccc(C)cc2)C1. The van der Waals surface area contributed by atoms with Gasteiger partial charge in [0.05, 0.1) is 4.90 Å². The molecular formula is C17H25NO2S. The minimum atomic E-state index is -3.33. The van der Waals surface area contributed by atoms with E-state index in [-0.39, 0.29) is 0 Å². The van der Waals surface area contributed by atoms with Crippen LogP contribution in [0.1, 0.15) is 44.6 Å². The summed E-state index contributed by atoms with van der Waals surface area (Å²) in [6.07, 6.45) is 7.84. The Morgan fingerprint density at radius 1 is 1.19 bits per heavy atom. The molecule has 1 aliphatic heterocycles. The number of sulfonamides is 1. The zero-order valence-corrected chi connectivity index (χ0v) is 13.8. The summed E-state index contributed by atoms with van der Waals surface area (Å²) in [5, 5.41) is 0. The molecule has 0 N–H and O–H groups in total. The van der Waals surface area contributed by atoms with E-state index >= 15 is 0 Å². The quantitative estimate of drug-likeness (QED) is 0.590. The molecule has 0 radical (unpaired) electrons. The highest BCUT2D eigenvalue weighted by atomic mass is 32.2. The first-order valence-electron chi connectivity index (χ1n) is 7.78. The highest BCUT2D eigenvalue weighted by Crippen LogP contribution is 2.24. The third-order valence-corrected chi connectivity index (χ3v) is 5.82. The molecule has 1 heterocycles. The molecule has 0 amide bonds. The summed E-state index contributed by atoms with van der Waals surface area (Å²) in [5.74, 6) is 0. The maximum atomic E-state index is 12.6. The standard InChI is InChI=1S/C17H25NO2S/c1-3-4-5-6-7-16-12-13-18(14-16)21(19,20)17-10-8-15(2)9-11-17/h7-11H,3-6,12-14H2,1-2H3/b16-7+. The van der Waals surface area contributed by atoms with Gasteiger partial charge >= 0.3 is 0 Å². The third-order valence-electron chi connectivity index (χ3n) is 3.96. The van der Waals surface area contributed by atoms with Gasteiger partial charge in [0.15, 0.2) is 0 Å². The van der Waals surface area contributed by atoms with Crippen LogP contribution in [-0.4, -0.2) is 25.8 Å². The molecule has 1 saturated heterocycles. The van der Waals surface area contributed by atoms with Crippen molar-refractivity contribution in [2.45, 2.75) is 50.8 Å². The molecule has 0 unspecified atom stereocenters. The van der Waals surface area contributed by atoms with Gasteiger partial charge in [-0.2, -0.15) is 4.31 Å². The Morgan fingerprint density at radius 3 is 2.57 bits per heavy atom. The molecule has 1 aliphatic rings. The average molecular weight is 307 g/mol. The van der Waals surface area contributed by atoms with Gasteiger partial charge in [-0.05, 0) is 38.3 Å². The third kappa shape index (κ3) is 4.17. The molecule has 116 valence electrons. The van der Waals surface area contributed by atoms with Gasteiger partial charge in [-0.1, -0.05) is 49.1 Å². The van der Waals surface area contributed by atoms with E-state index in [0.717, 1.165) is 18.4 Å². The van der Waals surface area contributed by atoms with Crippen LogP contribution in [0.5, 0.6) is 0 Å². The Kier molecular flexibility index (Phi) is 5.59. The van der Waals surface area contributed by atoms with Gasteiger partial charge in [0.1, 0.15) is 0 Å². The van der Waals surface area contributed by atoms with Gasteiger partial charge < -0.3 is 0 Å². The van der Waals surface area contributed by atoms with Crippen LogP contribution >= 0.6 is 0 Å². The number of unbranched alkanes of at least 4 members (excludes halogenated alkanes) is 3. The minimum absolute atomic E-state index is 0.403. The van der Waals surface area contributed by atoms with Gasteiger partial charge in [-0.15, -0.1) is 0 Å². The number of aryl methyl sites for hydroxylation is 1. The number of nitrogens with zero attached hydrogens (tertiary/aromatic N) is 1. The van der Waals surface area contributed by atoms with Crippen LogP contribution in [0.25, 0.3) is 0 Å². The van der Waals surface area contributed by atoms with Crippen molar-refractivity contribution in [3.8, 4) is 0 Å². The minimum Gasteiger partial charge on any atom is -0.207 e. The molecule has 3 nitrogen and oxygen atoms in total. The summed E-state index contributed by atoms with van der Waals surface area (Å²) >= 11 is 0. The summed E-state index contributed by atoms with van der Waals surface area (Å²) in [6.45, 7) is 5.32. The van der Waals surface area contributed by atoms with E-state index in [9.17, 15) is 8.42 Å². The molecule has 0 bridgehead atoms. The predicted octanol–water partition coefficient (Wildman–Crippen LogP) is 3.90. The van der Waals surface area contributed by atoms with Crippen molar-refractivity contribution in [3.05, 3.63) is 41.5 Å². The van der Waals surface area contributed by atoms with Crippen LogP contribution in [-0.2, 0) is 10.0 Å². The molecule has 21 heavy (non-hydrogen) atoms. The molecule has 0 spiro atoms. The Labute approximate surface area is 128 Å². The van der Waals surface area contributed by atoms with E-state index in [4.69, 9.17) is 0 Å². The molecule has 1 fully saturated rings. The largest absolute Gasteiger partial charge is 0.243 e. The number of rotatable bonds is 6. The molecule has 0 aliphatic carbocycles. The van der Waals surface area contributed by atoms with Crippen LogP contribution < -0.4 is 0 Å². The van der Waals surface area contributed by atoms with Gasteiger partial charge in [-0.25, -0.2) is 8.42 Å². The van der Waals surface area contributed by atoms with Crippen LogP contribution in [0.3, 0.4) is 0 Å². The van der Waals surface area contributed by atoms with Crippen LogP contribution in [0.4, 0.5) is 0 Å². The van der Waals surface area contributed by atoms with E-state index in [1.54, 1.807) is 16.4 Å². The first kappa shape index (κ1) is 16.2. The smallest absolute Gasteiger partial charge is 0.207 e. The molecule has 2 rings (SSSR count). The van der Waals surface area contributed by atoms with Gasteiger partial charge in [0, 0.05) is 13.1 Å². The Morgan fingerprint density at radius 2 is 1.90 bits per heavy atom. The Bertz CT molecular complexity index is 588. The first-order chi connectivity index (χ1) is 10.0. The second-order valence-electron chi connectivity index (χ2n) is 5.76. The lowest BCUT2D eigenvalue weighted by atomic mass is 10.1. The van der Waals surface area contributed by atoms with E-state index in [1.807, 2.05) is 19.1 Å². The van der Waals surface area contributed by atoms with E-state index in [0.29, 0.717) is 18.0 Å². The van der Waals surface area contributed by atoms with Crippen LogP contribution in [0.15, 0.2) is 40.8 Å². The summed E-state index contributed by atoms with van der Waals surface area (Å²) in [5.41, 5.74) is 2.34. The molecule has 4 heteroatoms. The van der Waals surface area contributed by atoms with Crippen LogP contribution in [0.2, 0.25) is 0 Å².